The number of amides is 1. The van der Waals surface area contributed by atoms with Gasteiger partial charge in [-0.1, -0.05) is 26.2 Å². The van der Waals surface area contributed by atoms with Crippen LogP contribution < -0.4 is 5.32 Å². The zero-order chi connectivity index (χ0) is 18.0. The third-order valence-corrected chi connectivity index (χ3v) is 6.74. The van der Waals surface area contributed by atoms with Crippen molar-refractivity contribution in [2.75, 3.05) is 18.9 Å². The quantitative estimate of drug-likeness (QED) is 0.834. The van der Waals surface area contributed by atoms with E-state index in [2.05, 4.69) is 17.1 Å². The molecule has 0 radical (unpaired) electrons. The third kappa shape index (κ3) is 4.23. The fourth-order valence-corrected chi connectivity index (χ4v) is 5.53. The van der Waals surface area contributed by atoms with Gasteiger partial charge in [0.05, 0.1) is 12.1 Å². The van der Waals surface area contributed by atoms with Crippen molar-refractivity contribution in [3.05, 3.63) is 16.0 Å². The van der Waals surface area contributed by atoms with Crippen molar-refractivity contribution >= 4 is 28.2 Å². The molecule has 1 fully saturated rings. The largest absolute Gasteiger partial charge is 0.478 e. The Bertz CT molecular complexity index is 649. The van der Waals surface area contributed by atoms with Crippen LogP contribution in [0.5, 0.6) is 0 Å². The standard InChI is InChI=1S/C19H28N2O3S/c1-12-8-9-14-15(10-12)25-18(17(14)19(23)24)20-16(22)11-21(2)13-6-4-3-5-7-13/h12-13H,3-11H2,1-2H3,(H,20,22)(H,23,24). The molecule has 138 valence electrons. The maximum Gasteiger partial charge on any atom is 0.339 e. The Hall–Kier alpha value is -1.40. The number of carboxylic acid groups (broad SMARTS) is 1. The first-order chi connectivity index (χ1) is 12.0. The van der Waals surface area contributed by atoms with E-state index in [9.17, 15) is 14.7 Å². The van der Waals surface area contributed by atoms with E-state index >= 15 is 0 Å². The average molecular weight is 365 g/mol. The van der Waals surface area contributed by atoms with Gasteiger partial charge in [-0.25, -0.2) is 4.79 Å². The van der Waals surface area contributed by atoms with E-state index < -0.39 is 5.97 Å². The lowest BCUT2D eigenvalue weighted by Gasteiger charge is -2.30. The van der Waals surface area contributed by atoms with Gasteiger partial charge < -0.3 is 10.4 Å². The van der Waals surface area contributed by atoms with Crippen molar-refractivity contribution in [3.8, 4) is 0 Å². The average Bonchev–Trinajstić information content (AvgIpc) is 2.92. The fraction of sp³-hybridized carbons (Fsp3) is 0.684. The number of carbonyl (C=O) groups excluding carboxylic acids is 1. The van der Waals surface area contributed by atoms with Crippen LogP contribution in [0.15, 0.2) is 0 Å². The SMILES string of the molecule is CC1CCc2c(sc(NC(=O)CN(C)C3CCCCC3)c2C(=O)O)C1. The number of aromatic carboxylic acids is 1. The first-order valence-electron chi connectivity index (χ1n) is 9.33. The molecule has 0 saturated heterocycles. The number of hydrogen-bond donors (Lipinski definition) is 2. The van der Waals surface area contributed by atoms with E-state index in [1.165, 1.54) is 30.6 Å². The smallest absolute Gasteiger partial charge is 0.339 e. The summed E-state index contributed by atoms with van der Waals surface area (Å²) in [6.45, 7) is 2.52. The number of thiophene rings is 1. The van der Waals surface area contributed by atoms with Gasteiger partial charge in [0.15, 0.2) is 0 Å². The summed E-state index contributed by atoms with van der Waals surface area (Å²) in [5.74, 6) is -0.459. The number of nitrogens with one attached hydrogen (secondary N) is 1. The molecular weight excluding hydrogens is 336 g/mol. The van der Waals surface area contributed by atoms with Gasteiger partial charge >= 0.3 is 5.97 Å². The Balaban J connectivity index is 1.69. The van der Waals surface area contributed by atoms with Gasteiger partial charge in [-0.3, -0.25) is 9.69 Å². The number of fused-ring (bicyclic) bond motifs is 1. The molecule has 1 amide bonds. The number of carbonyl (C=O) groups is 2. The Morgan fingerprint density at radius 2 is 1.96 bits per heavy atom. The van der Waals surface area contributed by atoms with Crippen molar-refractivity contribution in [2.45, 2.75) is 64.3 Å². The Kier molecular flexibility index (Phi) is 5.79. The van der Waals surface area contributed by atoms with Gasteiger partial charge in [0.25, 0.3) is 0 Å². The Labute approximate surface area is 153 Å². The van der Waals surface area contributed by atoms with E-state index in [0.717, 1.165) is 42.5 Å². The number of anilines is 1. The molecule has 2 aliphatic carbocycles. The van der Waals surface area contributed by atoms with E-state index in [-0.39, 0.29) is 5.91 Å². The highest BCUT2D eigenvalue weighted by atomic mass is 32.1. The lowest BCUT2D eigenvalue weighted by molar-refractivity contribution is -0.117. The van der Waals surface area contributed by atoms with Crippen LogP contribution >= 0.6 is 11.3 Å². The highest BCUT2D eigenvalue weighted by Gasteiger charge is 2.28. The predicted octanol–water partition coefficient (Wildman–Crippen LogP) is 3.77. The fourth-order valence-electron chi connectivity index (χ4n) is 4.11. The molecule has 0 aromatic carbocycles. The summed E-state index contributed by atoms with van der Waals surface area (Å²) < 4.78 is 0. The minimum absolute atomic E-state index is 0.109. The normalized spacial score (nSPS) is 21.2. The molecule has 5 nitrogen and oxygen atoms in total. The topological polar surface area (TPSA) is 69.6 Å². The maximum atomic E-state index is 12.5. The lowest BCUT2D eigenvalue weighted by atomic mass is 9.88. The molecule has 1 heterocycles. The zero-order valence-corrected chi connectivity index (χ0v) is 16.0. The Morgan fingerprint density at radius 1 is 1.24 bits per heavy atom. The summed E-state index contributed by atoms with van der Waals surface area (Å²) in [7, 11) is 1.99. The monoisotopic (exact) mass is 364 g/mol. The highest BCUT2D eigenvalue weighted by Crippen LogP contribution is 2.39. The second-order valence-electron chi connectivity index (χ2n) is 7.62. The van der Waals surface area contributed by atoms with Gasteiger partial charge in [0.1, 0.15) is 5.00 Å². The number of hydrogen-bond acceptors (Lipinski definition) is 4. The van der Waals surface area contributed by atoms with Gasteiger partial charge in [-0.05, 0) is 50.6 Å². The molecule has 1 aromatic rings. The molecule has 1 saturated carbocycles. The second-order valence-corrected chi connectivity index (χ2v) is 8.72. The maximum absolute atomic E-state index is 12.5. The molecule has 3 rings (SSSR count). The molecule has 2 aliphatic rings. The number of nitrogens with zero attached hydrogens (tertiary/aromatic N) is 1. The second kappa shape index (κ2) is 7.87. The van der Waals surface area contributed by atoms with Crippen molar-refractivity contribution < 1.29 is 14.7 Å². The number of likely N-dealkylation sites (N-methyl/N-ethyl adjacent to an activating group) is 1. The Morgan fingerprint density at radius 3 is 2.64 bits per heavy atom. The van der Waals surface area contributed by atoms with Crippen LogP contribution in [0, 0.1) is 5.92 Å². The lowest BCUT2D eigenvalue weighted by Crippen LogP contribution is -2.39. The van der Waals surface area contributed by atoms with E-state index in [1.807, 2.05) is 7.05 Å². The summed E-state index contributed by atoms with van der Waals surface area (Å²) in [4.78, 5) is 27.5. The van der Waals surface area contributed by atoms with Gasteiger partial charge in [-0.2, -0.15) is 0 Å². The molecule has 6 heteroatoms. The van der Waals surface area contributed by atoms with Crippen molar-refractivity contribution in [2.24, 2.45) is 5.92 Å². The first-order valence-corrected chi connectivity index (χ1v) is 10.1. The van der Waals surface area contributed by atoms with Crippen LogP contribution in [-0.4, -0.2) is 41.5 Å². The van der Waals surface area contributed by atoms with Crippen LogP contribution in [0.4, 0.5) is 5.00 Å². The summed E-state index contributed by atoms with van der Waals surface area (Å²) >= 11 is 1.45. The highest BCUT2D eigenvalue weighted by molar-refractivity contribution is 7.17. The van der Waals surface area contributed by atoms with E-state index in [1.54, 1.807) is 0 Å². The number of carboxylic acids is 1. The van der Waals surface area contributed by atoms with Crippen LogP contribution in [0.2, 0.25) is 0 Å². The van der Waals surface area contributed by atoms with Crippen LogP contribution in [-0.2, 0) is 17.6 Å². The van der Waals surface area contributed by atoms with Crippen molar-refractivity contribution in [1.29, 1.82) is 0 Å². The van der Waals surface area contributed by atoms with Gasteiger partial charge in [-0.15, -0.1) is 11.3 Å². The molecule has 0 aliphatic heterocycles. The minimum Gasteiger partial charge on any atom is -0.478 e. The first kappa shape index (κ1) is 18.4. The van der Waals surface area contributed by atoms with E-state index in [0.29, 0.717) is 29.1 Å². The van der Waals surface area contributed by atoms with E-state index in [4.69, 9.17) is 0 Å². The molecule has 25 heavy (non-hydrogen) atoms. The molecule has 1 aromatic heterocycles. The summed E-state index contributed by atoms with van der Waals surface area (Å²) in [5.41, 5.74) is 1.26. The van der Waals surface area contributed by atoms with Gasteiger partial charge in [0, 0.05) is 10.9 Å². The summed E-state index contributed by atoms with van der Waals surface area (Å²) in [6, 6.07) is 0.468. The summed E-state index contributed by atoms with van der Waals surface area (Å²) in [5, 5.41) is 13.0. The minimum atomic E-state index is -0.928. The van der Waals surface area contributed by atoms with Gasteiger partial charge in [0.2, 0.25) is 5.91 Å². The van der Waals surface area contributed by atoms with Crippen molar-refractivity contribution in [1.82, 2.24) is 4.90 Å². The van der Waals surface area contributed by atoms with Crippen molar-refractivity contribution in [3.63, 3.8) is 0 Å². The summed E-state index contributed by atoms with van der Waals surface area (Å²) in [6.07, 6.45) is 8.78. The van der Waals surface area contributed by atoms with Crippen LogP contribution in [0.25, 0.3) is 0 Å². The number of rotatable bonds is 5. The molecule has 1 unspecified atom stereocenters. The molecule has 0 spiro atoms. The molecular formula is C19H28N2O3S. The third-order valence-electron chi connectivity index (χ3n) is 5.57. The van der Waals surface area contributed by atoms with Crippen LogP contribution in [0.1, 0.15) is 66.2 Å². The molecule has 1 atom stereocenters. The zero-order valence-electron chi connectivity index (χ0n) is 15.1. The molecule has 2 N–H and O–H groups in total. The molecule has 0 bridgehead atoms. The van der Waals surface area contributed by atoms with Crippen LogP contribution in [0.3, 0.4) is 0 Å². The predicted molar refractivity (Wildman–Crippen MR) is 101 cm³/mol.